The van der Waals surface area contributed by atoms with E-state index in [-0.39, 0.29) is 4.87 Å². The zero-order chi connectivity index (χ0) is 6.04. The average molecular weight is 137 g/mol. The second-order valence-electron chi connectivity index (χ2n) is 2.08. The van der Waals surface area contributed by atoms with Gasteiger partial charge in [-0.05, 0) is 0 Å². The van der Waals surface area contributed by atoms with Gasteiger partial charge in [0, 0.05) is 7.11 Å². The third kappa shape index (κ3) is 1.13. The molecule has 0 aromatic rings. The summed E-state index contributed by atoms with van der Waals surface area (Å²) >= 11 is 5.86. The van der Waals surface area contributed by atoms with Gasteiger partial charge in [0.2, 0.25) is 0 Å². The van der Waals surface area contributed by atoms with E-state index in [9.17, 15) is 0 Å². The smallest absolute Gasteiger partial charge is 0.114 e. The first-order chi connectivity index (χ1) is 3.77. The molecule has 0 aliphatic carbocycles. The summed E-state index contributed by atoms with van der Waals surface area (Å²) in [5, 5.41) is 0. The highest BCUT2D eigenvalue weighted by molar-refractivity contribution is 6.24. The van der Waals surface area contributed by atoms with Crippen LogP contribution in [-0.4, -0.2) is 31.8 Å². The third-order valence-electron chi connectivity index (χ3n) is 1.12. The summed E-state index contributed by atoms with van der Waals surface area (Å²) in [6.45, 7) is 1.85. The third-order valence-corrected chi connectivity index (χ3v) is 1.45. The Kier molecular flexibility index (Phi) is 1.75. The molecule has 0 bridgehead atoms. The summed E-state index contributed by atoms with van der Waals surface area (Å²) < 4.78 is 9.72. The lowest BCUT2D eigenvalue weighted by Gasteiger charge is -2.34. The molecule has 0 N–H and O–H groups in total. The van der Waals surface area contributed by atoms with E-state index in [2.05, 4.69) is 0 Å². The Morgan fingerprint density at radius 3 is 2.50 bits per heavy atom. The Hall–Kier alpha value is 0.210. The molecule has 0 atom stereocenters. The Balaban J connectivity index is 2.20. The molecule has 0 radical (unpaired) electrons. The molecule has 1 aliphatic heterocycles. The standard InChI is InChI=1S/C5H9ClO2/c1-7-2-5(6)3-8-4-5/h2-4H2,1H3. The summed E-state index contributed by atoms with van der Waals surface area (Å²) in [6, 6.07) is 0. The molecule has 8 heavy (non-hydrogen) atoms. The van der Waals surface area contributed by atoms with Crippen LogP contribution in [0, 0.1) is 0 Å². The monoisotopic (exact) mass is 136 g/mol. The first-order valence-corrected chi connectivity index (χ1v) is 2.90. The maximum absolute atomic E-state index is 5.86. The molecule has 48 valence electrons. The van der Waals surface area contributed by atoms with Crippen LogP contribution in [-0.2, 0) is 9.47 Å². The van der Waals surface area contributed by atoms with Crippen molar-refractivity contribution in [3.8, 4) is 0 Å². The predicted octanol–water partition coefficient (Wildman–Crippen LogP) is 0.641. The van der Waals surface area contributed by atoms with Gasteiger partial charge in [-0.25, -0.2) is 0 Å². The second kappa shape index (κ2) is 2.21. The van der Waals surface area contributed by atoms with Gasteiger partial charge in [0.05, 0.1) is 19.8 Å². The van der Waals surface area contributed by atoms with Crippen molar-refractivity contribution in [2.45, 2.75) is 4.87 Å². The van der Waals surface area contributed by atoms with Crippen molar-refractivity contribution in [1.29, 1.82) is 0 Å². The van der Waals surface area contributed by atoms with E-state index in [1.807, 2.05) is 0 Å². The van der Waals surface area contributed by atoms with Gasteiger partial charge in [0.15, 0.2) is 0 Å². The van der Waals surface area contributed by atoms with E-state index in [4.69, 9.17) is 21.1 Å². The molecule has 1 fully saturated rings. The molecule has 0 spiro atoms. The van der Waals surface area contributed by atoms with Gasteiger partial charge in [-0.15, -0.1) is 11.6 Å². The van der Waals surface area contributed by atoms with Gasteiger partial charge in [0.25, 0.3) is 0 Å². The van der Waals surface area contributed by atoms with E-state index in [1.54, 1.807) is 7.11 Å². The van der Waals surface area contributed by atoms with Crippen LogP contribution in [0.1, 0.15) is 0 Å². The fraction of sp³-hybridized carbons (Fsp3) is 1.00. The van der Waals surface area contributed by atoms with Crippen LogP contribution in [0.5, 0.6) is 0 Å². The maximum Gasteiger partial charge on any atom is 0.114 e. The number of alkyl halides is 1. The molecule has 0 aromatic heterocycles. The molecule has 0 unspecified atom stereocenters. The Morgan fingerprint density at radius 2 is 2.38 bits per heavy atom. The minimum atomic E-state index is -0.200. The first kappa shape index (κ1) is 6.33. The largest absolute Gasteiger partial charge is 0.383 e. The fourth-order valence-corrected chi connectivity index (χ4v) is 0.929. The van der Waals surface area contributed by atoms with Crippen molar-refractivity contribution in [2.24, 2.45) is 0 Å². The average Bonchev–Trinajstić information content (AvgIpc) is 1.64. The number of halogens is 1. The summed E-state index contributed by atoms with van der Waals surface area (Å²) in [4.78, 5) is -0.200. The molecular weight excluding hydrogens is 128 g/mol. The second-order valence-corrected chi connectivity index (χ2v) is 2.88. The number of rotatable bonds is 2. The number of methoxy groups -OCH3 is 1. The highest BCUT2D eigenvalue weighted by Crippen LogP contribution is 2.24. The maximum atomic E-state index is 5.86. The Bertz CT molecular complexity index is 80.5. The summed E-state index contributed by atoms with van der Waals surface area (Å²) in [5.74, 6) is 0. The molecule has 1 saturated heterocycles. The van der Waals surface area contributed by atoms with Crippen LogP contribution < -0.4 is 0 Å². The van der Waals surface area contributed by atoms with Crippen LogP contribution in [0.3, 0.4) is 0 Å². The predicted molar refractivity (Wildman–Crippen MR) is 31.3 cm³/mol. The summed E-state index contributed by atoms with van der Waals surface area (Å²) in [6.07, 6.45) is 0. The number of hydrogen-bond donors (Lipinski definition) is 0. The van der Waals surface area contributed by atoms with E-state index in [1.165, 1.54) is 0 Å². The van der Waals surface area contributed by atoms with Gasteiger partial charge in [0.1, 0.15) is 4.87 Å². The van der Waals surface area contributed by atoms with Crippen LogP contribution >= 0.6 is 11.6 Å². The molecule has 2 nitrogen and oxygen atoms in total. The van der Waals surface area contributed by atoms with Crippen LogP contribution in [0.2, 0.25) is 0 Å². The minimum absolute atomic E-state index is 0.200. The number of hydrogen-bond acceptors (Lipinski definition) is 2. The quantitative estimate of drug-likeness (QED) is 0.519. The van der Waals surface area contributed by atoms with Crippen molar-refractivity contribution in [2.75, 3.05) is 26.9 Å². The van der Waals surface area contributed by atoms with Crippen LogP contribution in [0.25, 0.3) is 0 Å². The van der Waals surface area contributed by atoms with Crippen molar-refractivity contribution in [3.05, 3.63) is 0 Å². The molecule has 1 aliphatic rings. The molecule has 0 saturated carbocycles. The van der Waals surface area contributed by atoms with E-state index < -0.39 is 0 Å². The zero-order valence-corrected chi connectivity index (χ0v) is 5.57. The van der Waals surface area contributed by atoms with Gasteiger partial charge in [-0.3, -0.25) is 0 Å². The van der Waals surface area contributed by atoms with E-state index in [0.29, 0.717) is 19.8 Å². The molecule has 3 heteroatoms. The SMILES string of the molecule is COCC1(Cl)COC1. The molecular formula is C5H9ClO2. The van der Waals surface area contributed by atoms with Crippen molar-refractivity contribution in [1.82, 2.24) is 0 Å². The van der Waals surface area contributed by atoms with Crippen LogP contribution in [0.15, 0.2) is 0 Å². The molecule has 0 aromatic carbocycles. The van der Waals surface area contributed by atoms with Gasteiger partial charge < -0.3 is 9.47 Å². The van der Waals surface area contributed by atoms with Gasteiger partial charge >= 0.3 is 0 Å². The van der Waals surface area contributed by atoms with Crippen molar-refractivity contribution in [3.63, 3.8) is 0 Å². The summed E-state index contributed by atoms with van der Waals surface area (Å²) in [7, 11) is 1.64. The van der Waals surface area contributed by atoms with Gasteiger partial charge in [-0.2, -0.15) is 0 Å². The highest BCUT2D eigenvalue weighted by atomic mass is 35.5. The number of ether oxygens (including phenoxy) is 2. The van der Waals surface area contributed by atoms with Gasteiger partial charge in [-0.1, -0.05) is 0 Å². The molecule has 0 amide bonds. The Morgan fingerprint density at radius 1 is 1.75 bits per heavy atom. The lowest BCUT2D eigenvalue weighted by Crippen LogP contribution is -2.47. The zero-order valence-electron chi connectivity index (χ0n) is 4.82. The molecule has 1 rings (SSSR count). The molecule has 1 heterocycles. The van der Waals surface area contributed by atoms with Crippen molar-refractivity contribution >= 4 is 11.6 Å². The summed E-state index contributed by atoms with van der Waals surface area (Å²) in [5.41, 5.74) is 0. The Labute approximate surface area is 53.7 Å². The van der Waals surface area contributed by atoms with Crippen molar-refractivity contribution < 1.29 is 9.47 Å². The normalized spacial score (nSPS) is 24.8. The first-order valence-electron chi connectivity index (χ1n) is 2.52. The van der Waals surface area contributed by atoms with E-state index >= 15 is 0 Å². The lowest BCUT2D eigenvalue weighted by atomic mass is 10.1. The topological polar surface area (TPSA) is 18.5 Å². The van der Waals surface area contributed by atoms with E-state index in [0.717, 1.165) is 0 Å². The minimum Gasteiger partial charge on any atom is -0.383 e. The highest BCUT2D eigenvalue weighted by Gasteiger charge is 2.36. The van der Waals surface area contributed by atoms with Crippen LogP contribution in [0.4, 0.5) is 0 Å². The fourth-order valence-electron chi connectivity index (χ4n) is 0.666. The lowest BCUT2D eigenvalue weighted by molar-refractivity contribution is -0.0446.